The molecule has 2 heterocycles. The number of hydrogen-bond acceptors (Lipinski definition) is 4. The van der Waals surface area contributed by atoms with Crippen LogP contribution in [0.3, 0.4) is 0 Å². The van der Waals surface area contributed by atoms with Crippen LogP contribution in [-0.4, -0.2) is 22.9 Å². The second-order valence-corrected chi connectivity index (χ2v) is 6.20. The van der Waals surface area contributed by atoms with Crippen LogP contribution in [0.5, 0.6) is 0 Å². The highest BCUT2D eigenvalue weighted by Crippen LogP contribution is 2.30. The van der Waals surface area contributed by atoms with Crippen molar-refractivity contribution in [1.29, 1.82) is 0 Å². The summed E-state index contributed by atoms with van der Waals surface area (Å²) >= 11 is 0. The minimum absolute atomic E-state index is 0.0443. The number of amides is 2. The zero-order valence-electron chi connectivity index (χ0n) is 14.2. The SMILES string of the molecule is Cn1c(=O)oc2c(C(=O)Nc3ccccc3N3CCCC3=O)cccc21. The van der Waals surface area contributed by atoms with Gasteiger partial charge in [-0.25, -0.2) is 4.79 Å². The molecule has 0 spiro atoms. The Morgan fingerprint density at radius 2 is 1.92 bits per heavy atom. The third-order valence-corrected chi connectivity index (χ3v) is 4.58. The number of hydrogen-bond donors (Lipinski definition) is 1. The van der Waals surface area contributed by atoms with E-state index in [1.165, 1.54) is 4.57 Å². The van der Waals surface area contributed by atoms with Crippen molar-refractivity contribution in [3.05, 3.63) is 58.6 Å². The maximum absolute atomic E-state index is 12.8. The number of carbonyl (C=O) groups is 2. The topological polar surface area (TPSA) is 84.5 Å². The highest BCUT2D eigenvalue weighted by atomic mass is 16.4. The Hall–Kier alpha value is -3.35. The van der Waals surface area contributed by atoms with Gasteiger partial charge in [-0.15, -0.1) is 0 Å². The van der Waals surface area contributed by atoms with Crippen molar-refractivity contribution in [3.63, 3.8) is 0 Å². The third kappa shape index (κ3) is 2.57. The summed E-state index contributed by atoms with van der Waals surface area (Å²) in [6.45, 7) is 0.634. The van der Waals surface area contributed by atoms with Gasteiger partial charge in [0.05, 0.1) is 22.5 Å². The molecule has 0 aliphatic carbocycles. The van der Waals surface area contributed by atoms with Gasteiger partial charge in [-0.1, -0.05) is 18.2 Å². The molecule has 7 heteroatoms. The number of aryl methyl sites for hydroxylation is 1. The van der Waals surface area contributed by atoms with Crippen molar-refractivity contribution in [3.8, 4) is 0 Å². The van der Waals surface area contributed by atoms with Gasteiger partial charge >= 0.3 is 5.76 Å². The van der Waals surface area contributed by atoms with Gasteiger partial charge in [0.25, 0.3) is 5.91 Å². The van der Waals surface area contributed by atoms with Crippen LogP contribution in [-0.2, 0) is 11.8 Å². The Morgan fingerprint density at radius 3 is 2.69 bits per heavy atom. The van der Waals surface area contributed by atoms with Crippen molar-refractivity contribution in [2.45, 2.75) is 12.8 Å². The van der Waals surface area contributed by atoms with Gasteiger partial charge in [0.15, 0.2) is 5.58 Å². The number of fused-ring (bicyclic) bond motifs is 1. The molecule has 0 radical (unpaired) electrons. The van der Waals surface area contributed by atoms with Crippen molar-refractivity contribution >= 4 is 34.3 Å². The number of carbonyl (C=O) groups excluding carboxylic acids is 2. The van der Waals surface area contributed by atoms with Crippen molar-refractivity contribution in [1.82, 2.24) is 4.57 Å². The Morgan fingerprint density at radius 1 is 1.12 bits per heavy atom. The maximum atomic E-state index is 12.8. The number of aromatic nitrogens is 1. The van der Waals surface area contributed by atoms with Crippen molar-refractivity contribution in [2.75, 3.05) is 16.8 Å². The van der Waals surface area contributed by atoms with Crippen LogP contribution in [0.4, 0.5) is 11.4 Å². The average molecular weight is 351 g/mol. The molecule has 132 valence electrons. The fourth-order valence-electron chi connectivity index (χ4n) is 3.24. The van der Waals surface area contributed by atoms with E-state index in [1.807, 2.05) is 12.1 Å². The van der Waals surface area contributed by atoms with Gasteiger partial charge in [-0.2, -0.15) is 0 Å². The molecule has 3 aromatic rings. The summed E-state index contributed by atoms with van der Waals surface area (Å²) in [5.74, 6) is -0.879. The zero-order valence-corrected chi connectivity index (χ0v) is 14.2. The molecular weight excluding hydrogens is 334 g/mol. The minimum atomic E-state index is -0.525. The summed E-state index contributed by atoms with van der Waals surface area (Å²) in [5, 5.41) is 2.84. The Labute approximate surface area is 148 Å². The lowest BCUT2D eigenvalue weighted by atomic mass is 10.1. The van der Waals surface area contributed by atoms with Crippen LogP contribution < -0.4 is 16.0 Å². The predicted octanol–water partition coefficient (Wildman–Crippen LogP) is 2.51. The fourth-order valence-corrected chi connectivity index (χ4v) is 3.24. The maximum Gasteiger partial charge on any atom is 0.419 e. The molecular formula is C19H17N3O4. The van der Waals surface area contributed by atoms with Gasteiger partial charge in [0.2, 0.25) is 5.91 Å². The molecule has 0 unspecified atom stereocenters. The quantitative estimate of drug-likeness (QED) is 0.786. The zero-order chi connectivity index (χ0) is 18.3. The summed E-state index contributed by atoms with van der Waals surface area (Å²) < 4.78 is 6.57. The molecule has 1 aromatic heterocycles. The first-order valence-corrected chi connectivity index (χ1v) is 8.35. The predicted molar refractivity (Wildman–Crippen MR) is 97.4 cm³/mol. The van der Waals surface area contributed by atoms with E-state index in [0.717, 1.165) is 6.42 Å². The van der Waals surface area contributed by atoms with Crippen LogP contribution in [0.1, 0.15) is 23.2 Å². The Balaban J connectivity index is 1.71. The molecule has 1 N–H and O–H groups in total. The fraction of sp³-hybridized carbons (Fsp3) is 0.211. The molecule has 0 atom stereocenters. The van der Waals surface area contributed by atoms with Gasteiger partial charge < -0.3 is 14.6 Å². The Bertz CT molecular complexity index is 1080. The number of oxazole rings is 1. The highest BCUT2D eigenvalue weighted by molar-refractivity contribution is 6.13. The van der Waals surface area contributed by atoms with E-state index in [1.54, 1.807) is 42.3 Å². The van der Waals surface area contributed by atoms with E-state index < -0.39 is 11.7 Å². The van der Waals surface area contributed by atoms with E-state index in [4.69, 9.17) is 4.42 Å². The van der Waals surface area contributed by atoms with E-state index in [9.17, 15) is 14.4 Å². The van der Waals surface area contributed by atoms with E-state index in [2.05, 4.69) is 5.32 Å². The number of nitrogens with zero attached hydrogens (tertiary/aromatic N) is 2. The molecule has 2 aromatic carbocycles. The normalized spacial score (nSPS) is 14.2. The first-order valence-electron chi connectivity index (χ1n) is 8.35. The first-order chi connectivity index (χ1) is 12.6. The second kappa shape index (κ2) is 6.18. The lowest BCUT2D eigenvalue weighted by Gasteiger charge is -2.20. The molecule has 0 saturated carbocycles. The van der Waals surface area contributed by atoms with Crippen LogP contribution in [0.2, 0.25) is 0 Å². The third-order valence-electron chi connectivity index (χ3n) is 4.58. The van der Waals surface area contributed by atoms with Crippen LogP contribution in [0.15, 0.2) is 51.7 Å². The highest BCUT2D eigenvalue weighted by Gasteiger charge is 2.25. The largest absolute Gasteiger partial charge is 0.419 e. The number of benzene rings is 2. The molecule has 26 heavy (non-hydrogen) atoms. The van der Waals surface area contributed by atoms with E-state index >= 15 is 0 Å². The first kappa shape index (κ1) is 16.1. The average Bonchev–Trinajstić information content (AvgIpc) is 3.19. The van der Waals surface area contributed by atoms with Crippen LogP contribution >= 0.6 is 0 Å². The Kier molecular flexibility index (Phi) is 3.84. The lowest BCUT2D eigenvalue weighted by Crippen LogP contribution is -2.25. The molecule has 7 nitrogen and oxygen atoms in total. The van der Waals surface area contributed by atoms with E-state index in [-0.39, 0.29) is 17.1 Å². The van der Waals surface area contributed by atoms with Crippen molar-refractivity contribution in [2.24, 2.45) is 7.05 Å². The van der Waals surface area contributed by atoms with Gasteiger partial charge in [-0.05, 0) is 30.7 Å². The number of para-hydroxylation sites is 3. The molecule has 1 aliphatic heterocycles. The smallest absolute Gasteiger partial charge is 0.407 e. The summed E-state index contributed by atoms with van der Waals surface area (Å²) in [7, 11) is 1.59. The van der Waals surface area contributed by atoms with Gasteiger partial charge in [0, 0.05) is 20.0 Å². The molecule has 1 fully saturated rings. The summed E-state index contributed by atoms with van der Waals surface area (Å²) in [4.78, 5) is 38.3. The van der Waals surface area contributed by atoms with Crippen molar-refractivity contribution < 1.29 is 14.0 Å². The second-order valence-electron chi connectivity index (χ2n) is 6.20. The van der Waals surface area contributed by atoms with Crippen LogP contribution in [0.25, 0.3) is 11.1 Å². The molecule has 1 saturated heterocycles. The summed E-state index contributed by atoms with van der Waals surface area (Å²) in [6, 6.07) is 12.2. The van der Waals surface area contributed by atoms with Gasteiger partial charge in [-0.3, -0.25) is 14.2 Å². The van der Waals surface area contributed by atoms with Gasteiger partial charge in [0.1, 0.15) is 0 Å². The molecule has 2 amide bonds. The summed E-state index contributed by atoms with van der Waals surface area (Å²) in [6.07, 6.45) is 1.31. The minimum Gasteiger partial charge on any atom is -0.407 e. The van der Waals surface area contributed by atoms with E-state index in [0.29, 0.717) is 29.9 Å². The number of nitrogens with one attached hydrogen (secondary N) is 1. The van der Waals surface area contributed by atoms with Crippen LogP contribution in [0, 0.1) is 0 Å². The lowest BCUT2D eigenvalue weighted by molar-refractivity contribution is -0.117. The standard InChI is InChI=1S/C19H17N3O4/c1-21-15-9-4-6-12(17(15)26-19(21)25)18(24)20-13-7-2-3-8-14(13)22-11-5-10-16(22)23/h2-4,6-9H,5,10-11H2,1H3,(H,20,24). The summed E-state index contributed by atoms with van der Waals surface area (Å²) in [5.41, 5.74) is 2.27. The number of rotatable bonds is 3. The molecule has 0 bridgehead atoms. The number of anilines is 2. The molecule has 1 aliphatic rings. The molecule has 4 rings (SSSR count). The monoisotopic (exact) mass is 351 g/mol.